The van der Waals surface area contributed by atoms with Crippen molar-refractivity contribution in [2.45, 2.75) is 141 Å². The van der Waals surface area contributed by atoms with Gasteiger partial charge in [-0.15, -0.1) is 0 Å². The summed E-state index contributed by atoms with van der Waals surface area (Å²) in [5.74, 6) is 1.87. The molecule has 0 unspecified atom stereocenters. The van der Waals surface area contributed by atoms with Gasteiger partial charge in [-0.1, -0.05) is 38.5 Å². The lowest BCUT2D eigenvalue weighted by Crippen LogP contribution is -2.02. The SMILES string of the molecule is O=C1CCCC1.O=C1CCCCC1.O=C1CCCCCC1.O=C1CCCCCCC1. The summed E-state index contributed by atoms with van der Waals surface area (Å²) < 4.78 is 0. The Morgan fingerprint density at radius 2 is 0.367 bits per heavy atom. The van der Waals surface area contributed by atoms with Crippen molar-refractivity contribution in [3.05, 3.63) is 0 Å². The van der Waals surface area contributed by atoms with Crippen LogP contribution in [0.3, 0.4) is 0 Å². The largest absolute Gasteiger partial charge is 0.300 e. The number of ketones is 4. The van der Waals surface area contributed by atoms with Gasteiger partial charge in [0, 0.05) is 51.4 Å². The molecule has 172 valence electrons. The summed E-state index contributed by atoms with van der Waals surface area (Å²) in [6.45, 7) is 0. The lowest BCUT2D eigenvalue weighted by atomic mass is 10.00. The normalized spacial score (nSPS) is 22.7. The Kier molecular flexibility index (Phi) is 16.4. The number of rotatable bonds is 0. The summed E-state index contributed by atoms with van der Waals surface area (Å²) >= 11 is 0. The van der Waals surface area contributed by atoms with E-state index in [0.717, 1.165) is 103 Å². The molecule has 0 aromatic carbocycles. The fourth-order valence-corrected chi connectivity index (χ4v) is 4.14. The van der Waals surface area contributed by atoms with E-state index in [0.29, 0.717) is 23.1 Å². The molecule has 4 aliphatic carbocycles. The standard InChI is InChI=1S/C8H14O.C7H12O.C6H10O.C5H8O/c9-8-6-4-2-1-3-5-7-8;8-7-5-3-1-2-4-6-7;7-6-4-2-1-3-5-6;6-5-3-1-2-4-5/h1-7H2;1-6H2;1-5H2;1-4H2. The zero-order valence-electron chi connectivity index (χ0n) is 19.2. The lowest BCUT2D eigenvalue weighted by Gasteiger charge is -2.05. The highest BCUT2D eigenvalue weighted by Crippen LogP contribution is 2.14. The molecule has 0 spiro atoms. The summed E-state index contributed by atoms with van der Waals surface area (Å²) in [5.41, 5.74) is 0. The Bertz CT molecular complexity index is 473. The summed E-state index contributed by atoms with van der Waals surface area (Å²) in [6, 6.07) is 0. The minimum atomic E-state index is 0.454. The van der Waals surface area contributed by atoms with Gasteiger partial charge in [0.25, 0.3) is 0 Å². The number of hydrogen-bond donors (Lipinski definition) is 0. The van der Waals surface area contributed by atoms with Gasteiger partial charge in [-0.25, -0.2) is 0 Å². The van der Waals surface area contributed by atoms with E-state index in [9.17, 15) is 19.2 Å². The fraction of sp³-hybridized carbons (Fsp3) is 0.846. The van der Waals surface area contributed by atoms with Gasteiger partial charge in [0.1, 0.15) is 23.1 Å². The van der Waals surface area contributed by atoms with Crippen LogP contribution in [-0.2, 0) is 19.2 Å². The molecule has 4 heteroatoms. The first-order valence-corrected chi connectivity index (χ1v) is 12.6. The second-order valence-corrected chi connectivity index (χ2v) is 9.10. The summed E-state index contributed by atoms with van der Waals surface area (Å²) in [4.78, 5) is 42.2. The average molecular weight is 421 g/mol. The predicted molar refractivity (Wildman–Crippen MR) is 122 cm³/mol. The van der Waals surface area contributed by atoms with Gasteiger partial charge in [0.15, 0.2) is 0 Å². The Balaban J connectivity index is 0.000000202. The van der Waals surface area contributed by atoms with Crippen molar-refractivity contribution >= 4 is 23.1 Å². The van der Waals surface area contributed by atoms with Gasteiger partial charge in [-0.3, -0.25) is 19.2 Å². The van der Waals surface area contributed by atoms with E-state index in [1.807, 2.05) is 0 Å². The first-order valence-electron chi connectivity index (χ1n) is 12.6. The molecule has 0 aromatic rings. The van der Waals surface area contributed by atoms with E-state index in [4.69, 9.17) is 0 Å². The zero-order valence-corrected chi connectivity index (χ0v) is 19.2. The van der Waals surface area contributed by atoms with Crippen molar-refractivity contribution in [1.82, 2.24) is 0 Å². The monoisotopic (exact) mass is 420 g/mol. The highest BCUT2D eigenvalue weighted by Gasteiger charge is 2.08. The molecule has 0 aliphatic heterocycles. The number of hydrogen-bond acceptors (Lipinski definition) is 4. The molecule has 0 N–H and O–H groups in total. The second kappa shape index (κ2) is 18.4. The predicted octanol–water partition coefficient (Wildman–Crippen LogP) is 6.86. The summed E-state index contributed by atoms with van der Waals surface area (Å²) in [5, 5.41) is 0. The van der Waals surface area contributed by atoms with E-state index < -0.39 is 0 Å². The van der Waals surface area contributed by atoms with E-state index in [1.54, 1.807) is 0 Å². The molecule has 0 heterocycles. The Hall–Kier alpha value is -1.32. The first kappa shape index (κ1) is 26.7. The van der Waals surface area contributed by atoms with Crippen LogP contribution in [0.2, 0.25) is 0 Å². The van der Waals surface area contributed by atoms with E-state index in [2.05, 4.69) is 0 Å². The smallest absolute Gasteiger partial charge is 0.132 e. The molecule has 0 amide bonds. The van der Waals surface area contributed by atoms with Crippen LogP contribution in [0.1, 0.15) is 141 Å². The van der Waals surface area contributed by atoms with Gasteiger partial charge in [-0.05, 0) is 51.4 Å². The van der Waals surface area contributed by atoms with Crippen molar-refractivity contribution in [2.24, 2.45) is 0 Å². The molecule has 0 bridgehead atoms. The molecule has 30 heavy (non-hydrogen) atoms. The quantitative estimate of drug-likeness (QED) is 0.401. The molecule has 4 saturated carbocycles. The number of carbonyl (C=O) groups is 4. The Morgan fingerprint density at radius 1 is 0.233 bits per heavy atom. The van der Waals surface area contributed by atoms with Crippen molar-refractivity contribution < 1.29 is 19.2 Å². The molecule has 4 nitrogen and oxygen atoms in total. The van der Waals surface area contributed by atoms with Crippen molar-refractivity contribution in [1.29, 1.82) is 0 Å². The van der Waals surface area contributed by atoms with Crippen LogP contribution in [0.15, 0.2) is 0 Å². The summed E-state index contributed by atoms with van der Waals surface area (Å²) in [6.07, 6.45) is 23.6. The van der Waals surface area contributed by atoms with E-state index in [1.165, 1.54) is 38.5 Å². The van der Waals surface area contributed by atoms with Gasteiger partial charge < -0.3 is 0 Å². The van der Waals surface area contributed by atoms with Gasteiger partial charge in [0.2, 0.25) is 0 Å². The molecule has 0 aromatic heterocycles. The maximum absolute atomic E-state index is 10.8. The maximum Gasteiger partial charge on any atom is 0.132 e. The van der Waals surface area contributed by atoms with E-state index >= 15 is 0 Å². The van der Waals surface area contributed by atoms with Crippen LogP contribution < -0.4 is 0 Å². The Labute approximate surface area is 184 Å². The van der Waals surface area contributed by atoms with Crippen LogP contribution in [0.5, 0.6) is 0 Å². The molecule has 4 aliphatic rings. The molecule has 0 radical (unpaired) electrons. The number of Topliss-reactive ketones (excluding diaryl/α,β-unsaturated/α-hetero) is 4. The topological polar surface area (TPSA) is 68.3 Å². The highest BCUT2D eigenvalue weighted by atomic mass is 16.1. The molecule has 4 rings (SSSR count). The van der Waals surface area contributed by atoms with Crippen LogP contribution in [0, 0.1) is 0 Å². The minimum Gasteiger partial charge on any atom is -0.300 e. The minimum absolute atomic E-state index is 0.454. The fourth-order valence-electron chi connectivity index (χ4n) is 4.14. The van der Waals surface area contributed by atoms with Crippen LogP contribution in [0.4, 0.5) is 0 Å². The lowest BCUT2D eigenvalue weighted by molar-refractivity contribution is -0.120. The van der Waals surface area contributed by atoms with Crippen LogP contribution in [-0.4, -0.2) is 23.1 Å². The second-order valence-electron chi connectivity index (χ2n) is 9.10. The Morgan fingerprint density at radius 3 is 0.600 bits per heavy atom. The molecular formula is C26H44O4. The van der Waals surface area contributed by atoms with Gasteiger partial charge in [0.05, 0.1) is 0 Å². The third kappa shape index (κ3) is 16.5. The third-order valence-corrected chi connectivity index (χ3v) is 6.14. The van der Waals surface area contributed by atoms with Crippen molar-refractivity contribution in [3.63, 3.8) is 0 Å². The highest BCUT2D eigenvalue weighted by molar-refractivity contribution is 5.80. The van der Waals surface area contributed by atoms with Crippen molar-refractivity contribution in [3.8, 4) is 0 Å². The van der Waals surface area contributed by atoms with Crippen molar-refractivity contribution in [2.75, 3.05) is 0 Å². The van der Waals surface area contributed by atoms with E-state index in [-0.39, 0.29) is 0 Å². The maximum atomic E-state index is 10.8. The third-order valence-electron chi connectivity index (χ3n) is 6.14. The van der Waals surface area contributed by atoms with Crippen LogP contribution in [0.25, 0.3) is 0 Å². The molecule has 0 atom stereocenters. The number of carbonyl (C=O) groups excluding carboxylic acids is 4. The van der Waals surface area contributed by atoms with Crippen LogP contribution >= 0.6 is 0 Å². The molecule has 0 saturated heterocycles. The molecule has 4 fully saturated rings. The van der Waals surface area contributed by atoms with Gasteiger partial charge >= 0.3 is 0 Å². The van der Waals surface area contributed by atoms with Gasteiger partial charge in [-0.2, -0.15) is 0 Å². The average Bonchev–Trinajstić information content (AvgIpc) is 3.08. The first-order chi connectivity index (χ1) is 14.6. The summed E-state index contributed by atoms with van der Waals surface area (Å²) in [7, 11) is 0. The molecular weight excluding hydrogens is 376 g/mol. The zero-order chi connectivity index (χ0) is 21.9.